The first-order valence-electron chi connectivity index (χ1n) is 11.6. The van der Waals surface area contributed by atoms with Gasteiger partial charge in [-0.1, -0.05) is 42.1 Å². The fourth-order valence-corrected chi connectivity index (χ4v) is 4.89. The van der Waals surface area contributed by atoms with Crippen LogP contribution in [0.25, 0.3) is 0 Å². The zero-order valence-corrected chi connectivity index (χ0v) is 21.8. The molecule has 0 aromatic heterocycles. The minimum atomic E-state index is -3.84. The summed E-state index contributed by atoms with van der Waals surface area (Å²) < 4.78 is 35.4. The normalized spacial score (nSPS) is 16.8. The Hall–Kier alpha value is -3.63. The summed E-state index contributed by atoms with van der Waals surface area (Å²) in [4.78, 5) is 32.4. The number of thioether (sulfide) groups is 1. The number of methoxy groups -OCH3 is 1. The van der Waals surface area contributed by atoms with E-state index in [0.717, 1.165) is 5.56 Å². The van der Waals surface area contributed by atoms with E-state index in [1.165, 1.54) is 36.0 Å². The first-order valence-corrected chi connectivity index (χ1v) is 12.9. The zero-order chi connectivity index (χ0) is 27.1. The molecule has 4 rings (SSSR count). The second kappa shape index (κ2) is 12.3. The summed E-state index contributed by atoms with van der Waals surface area (Å²) in [5, 5.41) is 2.45. The average Bonchev–Trinajstić information content (AvgIpc) is 2.89. The Bertz CT molecular complexity index is 1290. The topological polar surface area (TPSA) is 80.2 Å². The maximum absolute atomic E-state index is 13.2. The Morgan fingerprint density at radius 2 is 1.74 bits per heavy atom. The van der Waals surface area contributed by atoms with Crippen molar-refractivity contribution in [3.8, 4) is 11.5 Å². The monoisotopic (exact) mass is 559 g/mol. The molecule has 198 valence electrons. The van der Waals surface area contributed by atoms with Gasteiger partial charge in [0.25, 0.3) is 0 Å². The summed E-state index contributed by atoms with van der Waals surface area (Å²) in [6.07, 6.45) is 0.588. The molecule has 1 fully saturated rings. The molecule has 1 heterocycles. The lowest BCUT2D eigenvalue weighted by Crippen LogP contribution is -2.46. The van der Waals surface area contributed by atoms with Crippen LogP contribution in [0.4, 0.5) is 20.2 Å². The molecule has 0 aliphatic carbocycles. The first kappa shape index (κ1) is 27.4. The van der Waals surface area contributed by atoms with E-state index in [9.17, 15) is 18.4 Å². The highest BCUT2D eigenvalue weighted by molar-refractivity contribution is 8.15. The van der Waals surface area contributed by atoms with Crippen LogP contribution in [-0.2, 0) is 16.0 Å². The van der Waals surface area contributed by atoms with Crippen LogP contribution in [0.3, 0.4) is 0 Å². The van der Waals surface area contributed by atoms with Crippen molar-refractivity contribution in [2.45, 2.75) is 23.7 Å². The number of carbonyl (C=O) groups is 2. The Labute approximate surface area is 227 Å². The van der Waals surface area contributed by atoms with Gasteiger partial charge in [0, 0.05) is 30.3 Å². The minimum Gasteiger partial charge on any atom is -0.497 e. The van der Waals surface area contributed by atoms with Gasteiger partial charge in [-0.3, -0.25) is 14.5 Å². The van der Waals surface area contributed by atoms with Crippen LogP contribution in [0.5, 0.6) is 11.5 Å². The molecule has 38 heavy (non-hydrogen) atoms. The second-order valence-electron chi connectivity index (χ2n) is 8.25. The van der Waals surface area contributed by atoms with Crippen LogP contribution >= 0.6 is 23.4 Å². The van der Waals surface area contributed by atoms with Crippen LogP contribution in [0.1, 0.15) is 12.0 Å². The van der Waals surface area contributed by atoms with E-state index >= 15 is 0 Å². The number of hydrogen-bond donors (Lipinski definition) is 1. The molecule has 0 bridgehead atoms. The number of nitrogens with one attached hydrogen (secondary N) is 1. The summed E-state index contributed by atoms with van der Waals surface area (Å²) in [5.74, 6) is -0.0639. The van der Waals surface area contributed by atoms with Gasteiger partial charge >= 0.3 is 5.57 Å². The maximum Gasteiger partial charge on any atom is 0.487 e. The van der Waals surface area contributed by atoms with Crippen molar-refractivity contribution in [2.24, 2.45) is 4.99 Å². The maximum atomic E-state index is 13.2. The molecule has 1 atom stereocenters. The van der Waals surface area contributed by atoms with Crippen molar-refractivity contribution >= 4 is 51.7 Å². The molecule has 0 saturated carbocycles. The molecule has 1 aliphatic heterocycles. The van der Waals surface area contributed by atoms with E-state index in [-0.39, 0.29) is 24.0 Å². The van der Waals surface area contributed by atoms with E-state index < -0.39 is 10.8 Å². The third-order valence-electron chi connectivity index (χ3n) is 5.55. The van der Waals surface area contributed by atoms with Crippen molar-refractivity contribution in [3.63, 3.8) is 0 Å². The Morgan fingerprint density at radius 1 is 1.08 bits per heavy atom. The number of rotatable bonds is 9. The van der Waals surface area contributed by atoms with E-state index in [0.29, 0.717) is 35.3 Å². The molecule has 3 aromatic rings. The Morgan fingerprint density at radius 3 is 2.37 bits per heavy atom. The number of nitrogens with zero attached hydrogens (tertiary/aromatic N) is 2. The number of carbonyl (C=O) groups excluding carboxylic acids is 2. The van der Waals surface area contributed by atoms with E-state index in [4.69, 9.17) is 16.3 Å². The van der Waals surface area contributed by atoms with Crippen LogP contribution in [0.15, 0.2) is 83.9 Å². The minimum absolute atomic E-state index is 0.00194. The van der Waals surface area contributed by atoms with Crippen molar-refractivity contribution in [3.05, 3.63) is 84.4 Å². The van der Waals surface area contributed by atoms with E-state index in [2.05, 4.69) is 15.0 Å². The number of aliphatic imine (C=N–C) groups is 1. The quantitative estimate of drug-likeness (QED) is 0.322. The molecule has 11 heteroatoms. The predicted molar refractivity (Wildman–Crippen MR) is 144 cm³/mol. The van der Waals surface area contributed by atoms with Gasteiger partial charge in [-0.25, -0.2) is 4.99 Å². The number of hydrogen-bond acceptors (Lipinski definition) is 6. The number of ether oxygens (including phenoxy) is 2. The molecule has 1 saturated heterocycles. The van der Waals surface area contributed by atoms with Crippen LogP contribution < -0.4 is 14.8 Å². The number of halogens is 3. The molecular formula is C27H24ClF2N3O4S. The summed E-state index contributed by atoms with van der Waals surface area (Å²) >= 11 is 6.00. The third-order valence-corrected chi connectivity index (χ3v) is 6.82. The fraction of sp³-hybridized carbons (Fsp3) is 0.222. The van der Waals surface area contributed by atoms with Crippen molar-refractivity contribution < 1.29 is 27.8 Å². The van der Waals surface area contributed by atoms with Crippen LogP contribution in [-0.4, -0.2) is 46.4 Å². The highest BCUT2D eigenvalue weighted by atomic mass is 35.5. The van der Waals surface area contributed by atoms with Crippen molar-refractivity contribution in [2.75, 3.05) is 19.0 Å². The van der Waals surface area contributed by atoms with Gasteiger partial charge in [0.2, 0.25) is 11.8 Å². The Balaban J connectivity index is 1.54. The van der Waals surface area contributed by atoms with E-state index in [1.807, 2.05) is 30.3 Å². The van der Waals surface area contributed by atoms with E-state index in [1.54, 1.807) is 36.3 Å². The fourth-order valence-electron chi connectivity index (χ4n) is 3.68. The lowest BCUT2D eigenvalue weighted by atomic mass is 10.1. The number of benzene rings is 3. The van der Waals surface area contributed by atoms with Gasteiger partial charge in [0.05, 0.1) is 12.8 Å². The third kappa shape index (κ3) is 7.69. The molecule has 1 N–H and O–H groups in total. The molecule has 0 spiro atoms. The zero-order valence-electron chi connectivity index (χ0n) is 20.3. The van der Waals surface area contributed by atoms with Gasteiger partial charge in [0.1, 0.15) is 16.7 Å². The van der Waals surface area contributed by atoms with Crippen LogP contribution in [0.2, 0.25) is 0 Å². The Kier molecular flexibility index (Phi) is 8.85. The van der Waals surface area contributed by atoms with Gasteiger partial charge in [-0.05, 0) is 60.5 Å². The molecule has 7 nitrogen and oxygen atoms in total. The molecule has 1 aliphatic rings. The number of amidine groups is 1. The van der Waals surface area contributed by atoms with Gasteiger partial charge in [-0.15, -0.1) is 8.78 Å². The van der Waals surface area contributed by atoms with Crippen molar-refractivity contribution in [1.82, 2.24) is 4.90 Å². The predicted octanol–water partition coefficient (Wildman–Crippen LogP) is 6.07. The molecule has 3 aromatic carbocycles. The second-order valence-corrected chi connectivity index (χ2v) is 9.86. The molecule has 0 radical (unpaired) electrons. The van der Waals surface area contributed by atoms with Gasteiger partial charge in [0.15, 0.2) is 5.17 Å². The largest absolute Gasteiger partial charge is 0.497 e. The molecule has 0 unspecified atom stereocenters. The summed E-state index contributed by atoms with van der Waals surface area (Å²) in [6, 6.07) is 22.1. The summed E-state index contributed by atoms with van der Waals surface area (Å²) in [7, 11) is 1.55. The highest BCUT2D eigenvalue weighted by Crippen LogP contribution is 2.32. The number of anilines is 1. The van der Waals surface area contributed by atoms with Gasteiger partial charge in [-0.2, -0.15) is 0 Å². The van der Waals surface area contributed by atoms with Crippen molar-refractivity contribution in [1.29, 1.82) is 0 Å². The van der Waals surface area contributed by atoms with Gasteiger partial charge < -0.3 is 14.8 Å². The SMILES string of the molecule is COc1ccc(NC(=O)[C@H]2CC(=O)N(CCc3ccccc3)C(=Nc3ccc(OC(F)(F)Cl)cc3)S2)cc1. The number of alkyl halides is 3. The highest BCUT2D eigenvalue weighted by Gasteiger charge is 2.36. The summed E-state index contributed by atoms with van der Waals surface area (Å²) in [5.41, 5.74) is -1.82. The van der Waals surface area contributed by atoms with Crippen LogP contribution in [0, 0.1) is 0 Å². The number of amides is 2. The standard InChI is InChI=1S/C27H24ClF2N3O4S/c1-36-21-11-7-19(8-12-21)31-25(35)23-17-24(34)33(16-15-18-5-3-2-4-6-18)26(38-23)32-20-9-13-22(14-10-20)37-27(28,29)30/h2-14,23H,15-17H2,1H3,(H,31,35)/t23-/m1/s1. The first-order chi connectivity index (χ1) is 18.2. The lowest BCUT2D eigenvalue weighted by Gasteiger charge is -2.32. The summed E-state index contributed by atoms with van der Waals surface area (Å²) in [6.45, 7) is 0.362. The average molecular weight is 560 g/mol. The molecular weight excluding hydrogens is 536 g/mol. The lowest BCUT2D eigenvalue weighted by molar-refractivity contribution is -0.129. The molecule has 2 amide bonds. The smallest absolute Gasteiger partial charge is 0.487 e.